The van der Waals surface area contributed by atoms with Gasteiger partial charge >= 0.3 is 0 Å². The first-order valence-electron chi connectivity index (χ1n) is 2.69. The van der Waals surface area contributed by atoms with E-state index in [1.807, 2.05) is 0 Å². The molecule has 0 saturated carbocycles. The third-order valence-corrected chi connectivity index (χ3v) is 2.40. The molecule has 0 fully saturated rings. The molecule has 1 rings (SSSR count). The number of aliphatic hydroxyl groups is 1. The van der Waals surface area contributed by atoms with Crippen LogP contribution in [0.4, 0.5) is 5.13 Å². The van der Waals surface area contributed by atoms with Gasteiger partial charge in [-0.25, -0.2) is 4.98 Å². The standard InChI is InChI=1S/C5H7ClN2OS/c1-7-5-8-2-3(10-5)4(6)9/h2,4,9H,1H3,(H,7,8). The summed E-state index contributed by atoms with van der Waals surface area (Å²) in [5.41, 5.74) is -0.931. The Bertz CT molecular complexity index is 213. The lowest BCUT2D eigenvalue weighted by atomic mass is 10.6. The number of aromatic nitrogens is 1. The third kappa shape index (κ3) is 1.59. The first-order chi connectivity index (χ1) is 4.74. The summed E-state index contributed by atoms with van der Waals surface area (Å²) in [7, 11) is 1.77. The normalized spacial score (nSPS) is 13.1. The maximum atomic E-state index is 8.84. The van der Waals surface area contributed by atoms with Crippen LogP contribution in [0.2, 0.25) is 0 Å². The number of anilines is 1. The van der Waals surface area contributed by atoms with Crippen LogP contribution in [0, 0.1) is 0 Å². The highest BCUT2D eigenvalue weighted by Crippen LogP contribution is 2.25. The molecule has 56 valence electrons. The number of hydrogen-bond acceptors (Lipinski definition) is 4. The van der Waals surface area contributed by atoms with Gasteiger partial charge in [-0.3, -0.25) is 0 Å². The highest BCUT2D eigenvalue weighted by atomic mass is 35.5. The Morgan fingerprint density at radius 3 is 2.90 bits per heavy atom. The van der Waals surface area contributed by atoms with E-state index in [1.54, 1.807) is 13.2 Å². The summed E-state index contributed by atoms with van der Waals surface area (Å²) in [5, 5.41) is 12.4. The van der Waals surface area contributed by atoms with Crippen LogP contribution in [0.3, 0.4) is 0 Å². The molecule has 0 aliphatic heterocycles. The Balaban J connectivity index is 2.78. The van der Waals surface area contributed by atoms with Crippen molar-refractivity contribution < 1.29 is 5.11 Å². The predicted molar refractivity (Wildman–Crippen MR) is 42.5 cm³/mol. The molecule has 5 heteroatoms. The van der Waals surface area contributed by atoms with E-state index < -0.39 is 5.56 Å². The van der Waals surface area contributed by atoms with Crippen molar-refractivity contribution >= 4 is 28.1 Å². The maximum absolute atomic E-state index is 8.84. The molecule has 0 amide bonds. The van der Waals surface area contributed by atoms with Crippen LogP contribution in [0.25, 0.3) is 0 Å². The van der Waals surface area contributed by atoms with Crippen molar-refractivity contribution in [3.63, 3.8) is 0 Å². The van der Waals surface area contributed by atoms with Crippen LogP contribution in [0.1, 0.15) is 10.4 Å². The molecule has 0 aromatic carbocycles. The van der Waals surface area contributed by atoms with Gasteiger partial charge < -0.3 is 10.4 Å². The first-order valence-corrected chi connectivity index (χ1v) is 3.95. The molecule has 1 heterocycles. The molecular formula is C5H7ClN2OS. The number of hydrogen-bond donors (Lipinski definition) is 2. The molecule has 1 aromatic heterocycles. The molecule has 10 heavy (non-hydrogen) atoms. The number of thiazole rings is 1. The largest absolute Gasteiger partial charge is 0.373 e. The molecule has 0 bridgehead atoms. The summed E-state index contributed by atoms with van der Waals surface area (Å²) < 4.78 is 0. The van der Waals surface area contributed by atoms with Gasteiger partial charge in [-0.1, -0.05) is 22.9 Å². The highest BCUT2D eigenvalue weighted by molar-refractivity contribution is 7.15. The van der Waals surface area contributed by atoms with E-state index in [0.29, 0.717) is 4.88 Å². The van der Waals surface area contributed by atoms with Gasteiger partial charge in [0.15, 0.2) is 10.7 Å². The zero-order valence-electron chi connectivity index (χ0n) is 5.34. The lowest BCUT2D eigenvalue weighted by molar-refractivity contribution is 0.266. The quantitative estimate of drug-likeness (QED) is 0.674. The zero-order chi connectivity index (χ0) is 7.56. The van der Waals surface area contributed by atoms with Crippen molar-refractivity contribution in [2.45, 2.75) is 5.56 Å². The topological polar surface area (TPSA) is 45.2 Å². The highest BCUT2D eigenvalue weighted by Gasteiger charge is 2.06. The van der Waals surface area contributed by atoms with E-state index >= 15 is 0 Å². The van der Waals surface area contributed by atoms with Crippen LogP contribution in [0.15, 0.2) is 6.20 Å². The maximum Gasteiger partial charge on any atom is 0.182 e. The van der Waals surface area contributed by atoms with Crippen LogP contribution < -0.4 is 5.32 Å². The van der Waals surface area contributed by atoms with Gasteiger partial charge in [0.2, 0.25) is 0 Å². The van der Waals surface area contributed by atoms with Crippen molar-refractivity contribution in [3.05, 3.63) is 11.1 Å². The Kier molecular flexibility index (Phi) is 2.48. The van der Waals surface area contributed by atoms with Crippen molar-refractivity contribution in [2.24, 2.45) is 0 Å². The van der Waals surface area contributed by atoms with Gasteiger partial charge in [0.25, 0.3) is 0 Å². The van der Waals surface area contributed by atoms with Crippen LogP contribution >= 0.6 is 22.9 Å². The Labute approximate surface area is 67.7 Å². The molecule has 0 spiro atoms. The van der Waals surface area contributed by atoms with Gasteiger partial charge in [0, 0.05) is 13.2 Å². The third-order valence-electron chi connectivity index (χ3n) is 0.972. The van der Waals surface area contributed by atoms with E-state index in [4.69, 9.17) is 16.7 Å². The summed E-state index contributed by atoms with van der Waals surface area (Å²) in [4.78, 5) is 4.58. The van der Waals surface area contributed by atoms with E-state index in [1.165, 1.54) is 11.3 Å². The summed E-state index contributed by atoms with van der Waals surface area (Å²) in [6.45, 7) is 0. The number of alkyl halides is 1. The molecule has 3 nitrogen and oxygen atoms in total. The van der Waals surface area contributed by atoms with Crippen LogP contribution in [0.5, 0.6) is 0 Å². The monoisotopic (exact) mass is 178 g/mol. The smallest absolute Gasteiger partial charge is 0.182 e. The van der Waals surface area contributed by atoms with Crippen molar-refractivity contribution in [2.75, 3.05) is 12.4 Å². The van der Waals surface area contributed by atoms with Crippen molar-refractivity contribution in [1.82, 2.24) is 4.98 Å². The fourth-order valence-electron chi connectivity index (χ4n) is 0.512. The van der Waals surface area contributed by atoms with Gasteiger partial charge in [0.1, 0.15) is 0 Å². The number of halogens is 1. The minimum Gasteiger partial charge on any atom is -0.373 e. The minimum absolute atomic E-state index is 0.658. The molecule has 1 aromatic rings. The predicted octanol–water partition coefficient (Wildman–Crippen LogP) is 1.41. The summed E-state index contributed by atoms with van der Waals surface area (Å²) in [6, 6.07) is 0. The van der Waals surface area contributed by atoms with E-state index in [9.17, 15) is 0 Å². The zero-order valence-corrected chi connectivity index (χ0v) is 6.91. The minimum atomic E-state index is -0.931. The second kappa shape index (κ2) is 3.18. The SMILES string of the molecule is CNc1ncc(C(O)Cl)s1. The number of rotatable bonds is 2. The molecule has 0 aliphatic carbocycles. The lowest BCUT2D eigenvalue weighted by Gasteiger charge is -1.92. The average molecular weight is 179 g/mol. The van der Waals surface area contributed by atoms with Gasteiger partial charge in [-0.15, -0.1) is 0 Å². The Hall–Kier alpha value is -0.320. The van der Waals surface area contributed by atoms with E-state index in [2.05, 4.69) is 10.3 Å². The lowest BCUT2D eigenvalue weighted by Crippen LogP contribution is -1.83. The fraction of sp³-hybridized carbons (Fsp3) is 0.400. The van der Waals surface area contributed by atoms with Crippen molar-refractivity contribution in [3.8, 4) is 0 Å². The number of nitrogens with zero attached hydrogens (tertiary/aromatic N) is 1. The molecule has 0 saturated heterocycles. The number of aliphatic hydroxyl groups excluding tert-OH is 1. The van der Waals surface area contributed by atoms with Gasteiger partial charge in [-0.05, 0) is 0 Å². The second-order valence-electron chi connectivity index (χ2n) is 1.65. The number of nitrogens with one attached hydrogen (secondary N) is 1. The Morgan fingerprint density at radius 2 is 2.60 bits per heavy atom. The molecule has 1 unspecified atom stereocenters. The molecule has 2 N–H and O–H groups in total. The average Bonchev–Trinajstić information content (AvgIpc) is 2.34. The van der Waals surface area contributed by atoms with Gasteiger partial charge in [0.05, 0.1) is 4.88 Å². The van der Waals surface area contributed by atoms with Crippen molar-refractivity contribution in [1.29, 1.82) is 0 Å². The molecule has 0 aliphatic rings. The first kappa shape index (κ1) is 7.78. The second-order valence-corrected chi connectivity index (χ2v) is 3.13. The Morgan fingerprint density at radius 1 is 1.90 bits per heavy atom. The molecule has 0 radical (unpaired) electrons. The van der Waals surface area contributed by atoms with E-state index in [-0.39, 0.29) is 0 Å². The van der Waals surface area contributed by atoms with Crippen LogP contribution in [-0.4, -0.2) is 17.1 Å². The fourth-order valence-corrected chi connectivity index (χ4v) is 1.34. The molecular weight excluding hydrogens is 172 g/mol. The van der Waals surface area contributed by atoms with E-state index in [0.717, 1.165) is 5.13 Å². The summed E-state index contributed by atoms with van der Waals surface area (Å²) in [6.07, 6.45) is 1.55. The van der Waals surface area contributed by atoms with Gasteiger partial charge in [-0.2, -0.15) is 0 Å². The van der Waals surface area contributed by atoms with Crippen LogP contribution in [-0.2, 0) is 0 Å². The molecule has 1 atom stereocenters. The summed E-state index contributed by atoms with van der Waals surface area (Å²) in [5.74, 6) is 0. The summed E-state index contributed by atoms with van der Waals surface area (Å²) >= 11 is 6.71.